The molecule has 0 radical (unpaired) electrons. The number of hydrogen-bond acceptors (Lipinski definition) is 8. The normalized spacial score (nSPS) is 22.1. The molecule has 3 fully saturated rings. The predicted molar refractivity (Wildman–Crippen MR) is 142 cm³/mol. The Balaban J connectivity index is 0.00000370. The van der Waals surface area contributed by atoms with Gasteiger partial charge in [-0.2, -0.15) is 0 Å². The fraction of sp³-hybridized carbons (Fsp3) is 0.400. The molecule has 0 amide bonds. The van der Waals surface area contributed by atoms with Crippen LogP contribution in [0.3, 0.4) is 0 Å². The van der Waals surface area contributed by atoms with E-state index in [2.05, 4.69) is 10.5 Å². The van der Waals surface area contributed by atoms with E-state index in [-0.39, 0.29) is 65.4 Å². The van der Waals surface area contributed by atoms with Crippen molar-refractivity contribution in [3.8, 4) is 0 Å². The van der Waals surface area contributed by atoms with Gasteiger partial charge in [0.1, 0.15) is 19.1 Å². The van der Waals surface area contributed by atoms with Crippen LogP contribution in [0.1, 0.15) is 58.0 Å². The summed E-state index contributed by atoms with van der Waals surface area (Å²) in [5.41, 5.74) is 1.91. The van der Waals surface area contributed by atoms with E-state index in [1.165, 1.54) is 6.07 Å². The minimum absolute atomic E-state index is 0. The first-order valence-corrected chi connectivity index (χ1v) is 13.5. The van der Waals surface area contributed by atoms with E-state index in [9.17, 15) is 14.4 Å². The third kappa shape index (κ3) is 6.86. The number of fused-ring (bicyclic) bond motifs is 3. The lowest BCUT2D eigenvalue weighted by Crippen LogP contribution is -3.00. The summed E-state index contributed by atoms with van der Waals surface area (Å²) in [5, 5.41) is 7.07. The van der Waals surface area contributed by atoms with Gasteiger partial charge < -0.3 is 35.5 Å². The molecule has 1 N–H and O–H groups in total. The van der Waals surface area contributed by atoms with Crippen molar-refractivity contribution in [2.45, 2.75) is 38.5 Å². The molecule has 3 aromatic rings. The molecule has 2 bridgehead atoms. The molecule has 0 spiro atoms. The molecule has 3 aliphatic rings. The van der Waals surface area contributed by atoms with E-state index in [1.54, 1.807) is 6.92 Å². The fourth-order valence-electron chi connectivity index (χ4n) is 5.68. The van der Waals surface area contributed by atoms with Crippen LogP contribution in [0.5, 0.6) is 0 Å². The molecular weight excluding hydrogens is 578 g/mol. The van der Waals surface area contributed by atoms with E-state index in [0.29, 0.717) is 17.6 Å². The minimum Gasteiger partial charge on any atom is -1.00 e. The van der Waals surface area contributed by atoms with Crippen molar-refractivity contribution >= 4 is 17.7 Å². The predicted octanol–water partition coefficient (Wildman–Crippen LogP) is 0.721. The molecular formula is C30H34BrN3O6. The Morgan fingerprint density at radius 3 is 2.40 bits per heavy atom. The van der Waals surface area contributed by atoms with Crippen LogP contribution < -0.4 is 22.3 Å². The maximum Gasteiger partial charge on any atom is 0.360 e. The molecule has 0 aliphatic carbocycles. The first-order chi connectivity index (χ1) is 19.0. The van der Waals surface area contributed by atoms with Gasteiger partial charge in [0.05, 0.1) is 19.7 Å². The summed E-state index contributed by atoms with van der Waals surface area (Å²) in [5.74, 6) is -0.840. The third-order valence-corrected chi connectivity index (χ3v) is 7.78. The number of rotatable bonds is 11. The molecule has 1 aromatic heterocycles. The van der Waals surface area contributed by atoms with Gasteiger partial charge in [-0.3, -0.25) is 10.1 Å². The Morgan fingerprint density at radius 2 is 1.73 bits per heavy atom. The molecule has 2 aromatic carbocycles. The minimum atomic E-state index is -0.619. The highest BCUT2D eigenvalue weighted by Gasteiger charge is 2.49. The number of benzene rings is 2. The van der Waals surface area contributed by atoms with Gasteiger partial charge in [0, 0.05) is 31.4 Å². The van der Waals surface area contributed by atoms with Gasteiger partial charge in [0.2, 0.25) is 5.76 Å². The van der Waals surface area contributed by atoms with Crippen LogP contribution in [0.2, 0.25) is 0 Å². The maximum atomic E-state index is 13.6. The van der Waals surface area contributed by atoms with Crippen molar-refractivity contribution in [3.05, 3.63) is 89.3 Å². The Labute approximate surface area is 244 Å². The summed E-state index contributed by atoms with van der Waals surface area (Å²) >= 11 is 0. The summed E-state index contributed by atoms with van der Waals surface area (Å²) in [6, 6.07) is 20.3. The van der Waals surface area contributed by atoms with Gasteiger partial charge in [-0.25, -0.2) is 9.59 Å². The van der Waals surface area contributed by atoms with Gasteiger partial charge >= 0.3 is 11.9 Å². The topological polar surface area (TPSA) is 108 Å². The molecule has 40 heavy (non-hydrogen) atoms. The second kappa shape index (κ2) is 13.3. The SMILES string of the molecule is CCOC(=O)c1cc(C(=O)C[N+]23CCC(CC2)[C@@H](OC(=O)C(NCc2ccccc2)c2ccccc2)C3)on1.[Br-]. The maximum absolute atomic E-state index is 13.6. The molecule has 3 saturated heterocycles. The molecule has 4 heterocycles. The highest BCUT2D eigenvalue weighted by molar-refractivity contribution is 5.97. The lowest BCUT2D eigenvalue weighted by molar-refractivity contribution is -0.938. The molecule has 212 valence electrons. The number of carbonyl (C=O) groups excluding carboxylic acids is 3. The van der Waals surface area contributed by atoms with E-state index >= 15 is 0 Å². The van der Waals surface area contributed by atoms with Crippen molar-refractivity contribution in [1.82, 2.24) is 10.5 Å². The molecule has 2 atom stereocenters. The number of halogens is 1. The van der Waals surface area contributed by atoms with Crippen molar-refractivity contribution in [2.75, 3.05) is 32.8 Å². The van der Waals surface area contributed by atoms with Crippen LogP contribution in [0, 0.1) is 5.92 Å². The Hall–Kier alpha value is -3.34. The van der Waals surface area contributed by atoms with Gasteiger partial charge in [0.15, 0.2) is 11.8 Å². The molecule has 6 rings (SSSR count). The lowest BCUT2D eigenvalue weighted by Gasteiger charge is -2.51. The van der Waals surface area contributed by atoms with Crippen LogP contribution >= 0.6 is 0 Å². The average Bonchev–Trinajstić information content (AvgIpc) is 3.46. The zero-order valence-electron chi connectivity index (χ0n) is 22.5. The van der Waals surface area contributed by atoms with Crippen molar-refractivity contribution < 1.29 is 49.8 Å². The number of esters is 2. The fourth-order valence-corrected chi connectivity index (χ4v) is 5.68. The monoisotopic (exact) mass is 611 g/mol. The zero-order chi connectivity index (χ0) is 27.2. The van der Waals surface area contributed by atoms with E-state index < -0.39 is 12.0 Å². The van der Waals surface area contributed by atoms with Gasteiger partial charge in [-0.15, -0.1) is 0 Å². The van der Waals surface area contributed by atoms with Crippen molar-refractivity contribution in [3.63, 3.8) is 0 Å². The molecule has 3 aliphatic heterocycles. The van der Waals surface area contributed by atoms with Gasteiger partial charge in [0.25, 0.3) is 5.78 Å². The number of nitrogens with zero attached hydrogens (tertiary/aromatic N) is 2. The molecule has 9 nitrogen and oxygen atoms in total. The summed E-state index contributed by atoms with van der Waals surface area (Å²) < 4.78 is 16.8. The van der Waals surface area contributed by atoms with E-state index in [1.807, 2.05) is 60.7 Å². The number of carbonyl (C=O) groups is 3. The van der Waals surface area contributed by atoms with Crippen LogP contribution in [-0.2, 0) is 20.8 Å². The summed E-state index contributed by atoms with van der Waals surface area (Å²) in [6.07, 6.45) is 1.48. The third-order valence-electron chi connectivity index (χ3n) is 7.78. The van der Waals surface area contributed by atoms with Crippen LogP contribution in [0.4, 0.5) is 0 Å². The number of ketones is 1. The van der Waals surface area contributed by atoms with Crippen LogP contribution in [0.15, 0.2) is 71.3 Å². The van der Waals surface area contributed by atoms with Crippen molar-refractivity contribution in [2.24, 2.45) is 5.92 Å². The largest absolute Gasteiger partial charge is 1.00 e. The second-order valence-electron chi connectivity index (χ2n) is 10.4. The molecule has 10 heteroatoms. The highest BCUT2D eigenvalue weighted by atomic mass is 79.9. The quantitative estimate of drug-likeness (QED) is 0.192. The number of ether oxygens (including phenoxy) is 2. The average molecular weight is 613 g/mol. The standard InChI is InChI=1S/C30H34N3O6.BrH/c1-2-37-29(35)24-17-26(39-32-24)25(34)19-33-15-13-22(14-16-33)27(20-33)38-30(36)28(23-11-7-4-8-12-23)31-18-21-9-5-3-6-10-21;/h3-12,17,22,27-28,31H,2,13-16,18-20H2,1H3;1H/q+1;/p-1/t22?,27-,28?,33?;/m0./s1. The Kier molecular flexibility index (Phi) is 9.89. The Bertz CT molecular complexity index is 1290. The summed E-state index contributed by atoms with van der Waals surface area (Å²) in [7, 11) is 0. The van der Waals surface area contributed by atoms with Crippen molar-refractivity contribution in [1.29, 1.82) is 0 Å². The smallest absolute Gasteiger partial charge is 0.360 e. The number of nitrogens with one attached hydrogen (secondary N) is 1. The zero-order valence-corrected chi connectivity index (χ0v) is 24.0. The summed E-state index contributed by atoms with van der Waals surface area (Å²) in [6.45, 7) is 4.88. The lowest BCUT2D eigenvalue weighted by atomic mass is 9.83. The first kappa shape index (κ1) is 29.6. The highest BCUT2D eigenvalue weighted by Crippen LogP contribution is 2.36. The van der Waals surface area contributed by atoms with Crippen LogP contribution in [0.25, 0.3) is 0 Å². The van der Waals surface area contributed by atoms with Crippen LogP contribution in [-0.4, -0.2) is 66.3 Å². The molecule has 1 unspecified atom stereocenters. The molecule has 0 saturated carbocycles. The number of Topliss-reactive ketones (excluding diaryl/α,β-unsaturated/α-hetero) is 1. The number of aromatic nitrogens is 1. The Morgan fingerprint density at radius 1 is 1.05 bits per heavy atom. The second-order valence-corrected chi connectivity index (χ2v) is 10.4. The van der Waals surface area contributed by atoms with Gasteiger partial charge in [-0.05, 0) is 18.1 Å². The number of piperidine rings is 3. The number of quaternary nitrogens is 1. The first-order valence-electron chi connectivity index (χ1n) is 13.5. The van der Waals surface area contributed by atoms with E-state index in [0.717, 1.165) is 37.1 Å². The number of hydrogen-bond donors (Lipinski definition) is 1. The summed E-state index contributed by atoms with van der Waals surface area (Å²) in [4.78, 5) is 38.6. The van der Waals surface area contributed by atoms with Gasteiger partial charge in [-0.1, -0.05) is 65.8 Å². The van der Waals surface area contributed by atoms with E-state index in [4.69, 9.17) is 14.0 Å².